The fourth-order valence-corrected chi connectivity index (χ4v) is 6.22. The van der Waals surface area contributed by atoms with Crippen LogP contribution in [0, 0.1) is 0 Å². The molecule has 0 aromatic heterocycles. The van der Waals surface area contributed by atoms with E-state index in [2.05, 4.69) is 26.0 Å². The number of allylic oxidation sites excluding steroid dienone is 2. The topological polar surface area (TPSA) is 134 Å². The molecule has 0 fully saturated rings. The van der Waals surface area contributed by atoms with Gasteiger partial charge in [0.25, 0.3) is 0 Å². The van der Waals surface area contributed by atoms with E-state index in [4.69, 9.17) is 24.3 Å². The van der Waals surface area contributed by atoms with Crippen molar-refractivity contribution in [3.8, 4) is 0 Å². The highest BCUT2D eigenvalue weighted by atomic mass is 31.2. The molecule has 0 saturated heterocycles. The third-order valence-corrected chi connectivity index (χ3v) is 9.39. The van der Waals surface area contributed by atoms with Crippen molar-refractivity contribution in [1.82, 2.24) is 0 Å². The first-order valence-electron chi connectivity index (χ1n) is 19.7. The predicted octanol–water partition coefficient (Wildman–Crippen LogP) is 10.7. The van der Waals surface area contributed by atoms with Gasteiger partial charge in [-0.3, -0.25) is 18.6 Å². The molecule has 10 heteroatoms. The molecule has 0 aliphatic carbocycles. The van der Waals surface area contributed by atoms with E-state index in [1.54, 1.807) is 0 Å². The van der Waals surface area contributed by atoms with Gasteiger partial charge in [0.2, 0.25) is 0 Å². The monoisotopic (exact) mass is 704 g/mol. The molecule has 0 aromatic carbocycles. The first kappa shape index (κ1) is 46.8. The van der Waals surface area contributed by atoms with Crippen molar-refractivity contribution in [1.29, 1.82) is 0 Å². The van der Waals surface area contributed by atoms with Gasteiger partial charge < -0.3 is 20.1 Å². The van der Waals surface area contributed by atoms with Gasteiger partial charge in [-0.15, -0.1) is 0 Å². The second kappa shape index (κ2) is 35.6. The highest BCUT2D eigenvalue weighted by molar-refractivity contribution is 7.47. The zero-order valence-corrected chi connectivity index (χ0v) is 31.9. The van der Waals surface area contributed by atoms with Crippen LogP contribution in [-0.2, 0) is 32.7 Å². The Morgan fingerprint density at radius 2 is 1.02 bits per heavy atom. The number of carbonyl (C=O) groups is 2. The molecule has 3 N–H and O–H groups in total. The standard InChI is InChI=1S/C38H74NO8P/c1-3-5-7-9-11-13-15-17-18-19-21-22-24-26-28-30-37(40)44-34-36(35-46-48(42,43)45-33-32-39)47-38(41)31-29-27-25-23-20-16-14-12-10-8-6-4-2/h12,14,36H,3-11,13,15-35,39H2,1-2H3,(H,42,43)/b14-12-/t36-/m1/s1. The second-order valence-corrected chi connectivity index (χ2v) is 14.6. The second-order valence-electron chi connectivity index (χ2n) is 13.2. The number of phosphoric acid groups is 1. The van der Waals surface area contributed by atoms with Crippen molar-refractivity contribution < 1.29 is 37.6 Å². The Morgan fingerprint density at radius 3 is 1.52 bits per heavy atom. The number of carbonyl (C=O) groups excluding carboxylic acids is 2. The first-order chi connectivity index (χ1) is 23.3. The van der Waals surface area contributed by atoms with Crippen LogP contribution in [0.5, 0.6) is 0 Å². The van der Waals surface area contributed by atoms with Gasteiger partial charge in [0.05, 0.1) is 13.2 Å². The molecule has 9 nitrogen and oxygen atoms in total. The summed E-state index contributed by atoms with van der Waals surface area (Å²) in [4.78, 5) is 34.7. The van der Waals surface area contributed by atoms with Crippen molar-refractivity contribution in [3.05, 3.63) is 12.2 Å². The van der Waals surface area contributed by atoms with Gasteiger partial charge in [0.1, 0.15) is 6.61 Å². The van der Waals surface area contributed by atoms with Crippen LogP contribution in [0.1, 0.15) is 187 Å². The predicted molar refractivity (Wildman–Crippen MR) is 197 cm³/mol. The van der Waals surface area contributed by atoms with E-state index in [0.29, 0.717) is 6.42 Å². The van der Waals surface area contributed by atoms with Gasteiger partial charge in [-0.1, -0.05) is 148 Å². The molecule has 0 aliphatic rings. The van der Waals surface area contributed by atoms with E-state index < -0.39 is 26.5 Å². The third kappa shape index (κ3) is 34.6. The first-order valence-corrected chi connectivity index (χ1v) is 21.2. The van der Waals surface area contributed by atoms with Crippen molar-refractivity contribution in [3.63, 3.8) is 0 Å². The lowest BCUT2D eigenvalue weighted by atomic mass is 10.0. The number of hydrogen-bond acceptors (Lipinski definition) is 8. The van der Waals surface area contributed by atoms with Crippen LogP contribution in [0.3, 0.4) is 0 Å². The largest absolute Gasteiger partial charge is 0.472 e. The van der Waals surface area contributed by atoms with E-state index in [-0.39, 0.29) is 38.6 Å². The Morgan fingerprint density at radius 1 is 0.604 bits per heavy atom. The summed E-state index contributed by atoms with van der Waals surface area (Å²) in [5.41, 5.74) is 5.33. The molecular weight excluding hydrogens is 629 g/mol. The number of esters is 2. The van der Waals surface area contributed by atoms with Gasteiger partial charge in [0, 0.05) is 19.4 Å². The Kier molecular flexibility index (Phi) is 34.6. The minimum atomic E-state index is -4.37. The smallest absolute Gasteiger partial charge is 0.462 e. The Balaban J connectivity index is 4.18. The van der Waals surface area contributed by atoms with Gasteiger partial charge in [-0.2, -0.15) is 0 Å². The number of ether oxygens (including phenoxy) is 2. The van der Waals surface area contributed by atoms with Gasteiger partial charge in [0.15, 0.2) is 6.10 Å². The van der Waals surface area contributed by atoms with Gasteiger partial charge in [-0.05, 0) is 38.5 Å². The van der Waals surface area contributed by atoms with Gasteiger partial charge >= 0.3 is 19.8 Å². The van der Waals surface area contributed by atoms with E-state index in [1.165, 1.54) is 96.3 Å². The maximum Gasteiger partial charge on any atom is 0.472 e. The fraction of sp³-hybridized carbons (Fsp3) is 0.895. The van der Waals surface area contributed by atoms with Crippen molar-refractivity contribution in [2.45, 2.75) is 193 Å². The lowest BCUT2D eigenvalue weighted by molar-refractivity contribution is -0.161. The molecule has 0 saturated carbocycles. The number of rotatable bonds is 37. The molecule has 0 spiro atoms. The molecule has 284 valence electrons. The molecule has 0 heterocycles. The van der Waals surface area contributed by atoms with Crippen LogP contribution in [0.2, 0.25) is 0 Å². The van der Waals surface area contributed by atoms with Crippen molar-refractivity contribution in [2.75, 3.05) is 26.4 Å². The minimum absolute atomic E-state index is 0.0546. The maximum atomic E-state index is 12.5. The third-order valence-electron chi connectivity index (χ3n) is 8.40. The van der Waals surface area contributed by atoms with Crippen LogP contribution < -0.4 is 5.73 Å². The number of nitrogens with two attached hydrogens (primary N) is 1. The fourth-order valence-electron chi connectivity index (χ4n) is 5.45. The molecule has 48 heavy (non-hydrogen) atoms. The summed E-state index contributed by atoms with van der Waals surface area (Å²) in [6.07, 6.45) is 33.8. The summed E-state index contributed by atoms with van der Waals surface area (Å²) >= 11 is 0. The quantitative estimate of drug-likeness (QED) is 0.0280. The van der Waals surface area contributed by atoms with E-state index in [9.17, 15) is 19.0 Å². The van der Waals surface area contributed by atoms with Crippen LogP contribution in [0.4, 0.5) is 0 Å². The molecule has 0 bridgehead atoms. The van der Waals surface area contributed by atoms with Crippen molar-refractivity contribution >= 4 is 19.8 Å². The highest BCUT2D eigenvalue weighted by Crippen LogP contribution is 2.43. The molecular formula is C38H74NO8P. The lowest BCUT2D eigenvalue weighted by Gasteiger charge is -2.19. The summed E-state index contributed by atoms with van der Waals surface area (Å²) < 4.78 is 32.6. The number of phosphoric ester groups is 1. The van der Waals surface area contributed by atoms with Crippen LogP contribution in [-0.4, -0.2) is 49.3 Å². The normalized spacial score (nSPS) is 13.5. The number of hydrogen-bond donors (Lipinski definition) is 2. The molecule has 2 atom stereocenters. The molecule has 0 aromatic rings. The maximum absolute atomic E-state index is 12.5. The Bertz CT molecular complexity index is 810. The zero-order chi connectivity index (χ0) is 35.4. The van der Waals surface area contributed by atoms with Crippen LogP contribution >= 0.6 is 7.82 Å². The average Bonchev–Trinajstić information content (AvgIpc) is 3.07. The SMILES string of the molecule is CCCCC/C=C\CCCCCCCC(=O)O[C@H](COC(=O)CCCCCCCCCCCCCCCCC)COP(=O)(O)OCCN. The zero-order valence-electron chi connectivity index (χ0n) is 31.0. The highest BCUT2D eigenvalue weighted by Gasteiger charge is 2.25. The van der Waals surface area contributed by atoms with E-state index in [0.717, 1.165) is 57.8 Å². The van der Waals surface area contributed by atoms with Crippen LogP contribution in [0.25, 0.3) is 0 Å². The summed E-state index contributed by atoms with van der Waals surface area (Å²) in [6, 6.07) is 0. The van der Waals surface area contributed by atoms with E-state index in [1.807, 2.05) is 0 Å². The summed E-state index contributed by atoms with van der Waals surface area (Å²) in [6.45, 7) is 3.70. The molecule has 0 aliphatic heterocycles. The minimum Gasteiger partial charge on any atom is -0.462 e. The lowest BCUT2D eigenvalue weighted by Crippen LogP contribution is -2.29. The molecule has 0 rings (SSSR count). The van der Waals surface area contributed by atoms with Crippen LogP contribution in [0.15, 0.2) is 12.2 Å². The molecule has 1 unspecified atom stereocenters. The Labute approximate surface area is 294 Å². The van der Waals surface area contributed by atoms with Gasteiger partial charge in [-0.25, -0.2) is 4.57 Å². The summed E-state index contributed by atoms with van der Waals surface area (Å²) in [5, 5.41) is 0. The summed E-state index contributed by atoms with van der Waals surface area (Å²) in [5.74, 6) is -0.833. The average molecular weight is 704 g/mol. The molecule has 0 radical (unpaired) electrons. The van der Waals surface area contributed by atoms with Crippen molar-refractivity contribution in [2.24, 2.45) is 5.73 Å². The Hall–Kier alpha value is -1.25. The number of unbranched alkanes of at least 4 members (excludes halogenated alkanes) is 22. The summed E-state index contributed by atoms with van der Waals surface area (Å²) in [7, 11) is -4.37. The van der Waals surface area contributed by atoms with E-state index >= 15 is 0 Å². The molecule has 0 amide bonds.